The number of hydrogen-bond donors (Lipinski definition) is 2. The summed E-state index contributed by atoms with van der Waals surface area (Å²) in [6.07, 6.45) is -2.71. The monoisotopic (exact) mass is 439 g/mol. The Labute approximate surface area is 173 Å². The summed E-state index contributed by atoms with van der Waals surface area (Å²) >= 11 is 6.07. The molecule has 3 aromatic rings. The number of aromatic nitrogens is 4. The summed E-state index contributed by atoms with van der Waals surface area (Å²) in [5, 5.41) is 8.63. The van der Waals surface area contributed by atoms with Gasteiger partial charge in [0, 0.05) is 18.7 Å². The van der Waals surface area contributed by atoms with Crippen molar-refractivity contribution in [3.8, 4) is 0 Å². The highest BCUT2D eigenvalue weighted by molar-refractivity contribution is 6.33. The van der Waals surface area contributed by atoms with Crippen LogP contribution in [0.4, 0.5) is 18.9 Å². The van der Waals surface area contributed by atoms with Crippen LogP contribution in [0.3, 0.4) is 0 Å². The van der Waals surface area contributed by atoms with E-state index in [2.05, 4.69) is 15.3 Å². The van der Waals surface area contributed by atoms with Crippen molar-refractivity contribution in [1.82, 2.24) is 20.0 Å². The highest BCUT2D eigenvalue weighted by Crippen LogP contribution is 2.36. The van der Waals surface area contributed by atoms with E-state index in [9.17, 15) is 22.8 Å². The van der Waals surface area contributed by atoms with Gasteiger partial charge in [-0.3, -0.25) is 19.4 Å². The highest BCUT2D eigenvalue weighted by atomic mass is 35.5. The second-order valence-corrected chi connectivity index (χ2v) is 7.45. The summed E-state index contributed by atoms with van der Waals surface area (Å²) in [5.74, 6) is 0. The molecule has 1 aliphatic rings. The highest BCUT2D eigenvalue weighted by Gasteiger charge is 2.35. The number of anilines is 1. The molecule has 0 radical (unpaired) electrons. The molecule has 11 heteroatoms. The van der Waals surface area contributed by atoms with Crippen LogP contribution in [-0.2, 0) is 19.1 Å². The minimum atomic E-state index is -4.50. The Bertz CT molecular complexity index is 1210. The molecular formula is C19H17ClF3N5O2. The van der Waals surface area contributed by atoms with E-state index in [1.807, 2.05) is 0 Å². The van der Waals surface area contributed by atoms with Crippen LogP contribution in [0.15, 0.2) is 40.1 Å². The molecule has 0 spiro atoms. The quantitative estimate of drug-likeness (QED) is 0.656. The number of alkyl halides is 3. The Hall–Kier alpha value is -3.01. The van der Waals surface area contributed by atoms with E-state index in [-0.39, 0.29) is 22.7 Å². The zero-order chi connectivity index (χ0) is 21.6. The molecule has 1 aliphatic heterocycles. The summed E-state index contributed by atoms with van der Waals surface area (Å²) in [7, 11) is 0. The van der Waals surface area contributed by atoms with Crippen molar-refractivity contribution in [3.63, 3.8) is 0 Å². The molecule has 2 N–H and O–H groups in total. The van der Waals surface area contributed by atoms with Crippen LogP contribution in [0.2, 0.25) is 5.02 Å². The SMILES string of the molecule is CC(c1ccccc1C(F)(F)F)n1[nH]c(=O)c2c1CCN(c1cn[nH]c(=O)c1Cl)C2. The van der Waals surface area contributed by atoms with Gasteiger partial charge in [-0.25, -0.2) is 5.10 Å². The van der Waals surface area contributed by atoms with E-state index in [1.54, 1.807) is 17.9 Å². The lowest BCUT2D eigenvalue weighted by Gasteiger charge is -2.30. The molecule has 0 saturated carbocycles. The van der Waals surface area contributed by atoms with Crippen molar-refractivity contribution in [2.45, 2.75) is 32.1 Å². The zero-order valence-corrected chi connectivity index (χ0v) is 16.5. The Morgan fingerprint density at radius 2 is 1.93 bits per heavy atom. The smallest absolute Gasteiger partial charge is 0.364 e. The van der Waals surface area contributed by atoms with Crippen LogP contribution < -0.4 is 16.0 Å². The Balaban J connectivity index is 1.72. The van der Waals surface area contributed by atoms with E-state index in [0.29, 0.717) is 29.9 Å². The predicted octanol–water partition coefficient (Wildman–Crippen LogP) is 3.10. The minimum Gasteiger partial charge on any atom is -0.364 e. The molecule has 4 rings (SSSR count). The molecular weight excluding hydrogens is 423 g/mol. The topological polar surface area (TPSA) is 86.8 Å². The number of halogens is 4. The van der Waals surface area contributed by atoms with Crippen molar-refractivity contribution in [3.05, 3.63) is 78.6 Å². The number of hydrogen-bond acceptors (Lipinski definition) is 4. The van der Waals surface area contributed by atoms with Crippen LogP contribution in [0.25, 0.3) is 0 Å². The molecule has 1 aromatic carbocycles. The number of rotatable bonds is 3. The summed E-state index contributed by atoms with van der Waals surface area (Å²) in [6, 6.07) is 4.59. The van der Waals surface area contributed by atoms with Crippen LogP contribution in [0.1, 0.15) is 35.3 Å². The minimum absolute atomic E-state index is 0.0308. The molecule has 7 nitrogen and oxygen atoms in total. The third kappa shape index (κ3) is 3.41. The maximum Gasteiger partial charge on any atom is 0.416 e. The average Bonchev–Trinajstić information content (AvgIpc) is 3.05. The third-order valence-corrected chi connectivity index (χ3v) is 5.69. The van der Waals surface area contributed by atoms with Gasteiger partial charge in [-0.2, -0.15) is 18.3 Å². The maximum absolute atomic E-state index is 13.4. The standard InChI is InChI=1S/C19H17ClF3N5O2/c1-10(11-4-2-3-5-13(11)19(21,22)23)28-14-6-7-27(9-12(14)17(29)26-28)15-8-24-25-18(30)16(15)20/h2-5,8,10H,6-7,9H2,1H3,(H,25,30)(H,26,29). The number of nitrogens with one attached hydrogen (secondary N) is 2. The van der Waals surface area contributed by atoms with E-state index in [4.69, 9.17) is 11.6 Å². The van der Waals surface area contributed by atoms with Crippen molar-refractivity contribution in [2.75, 3.05) is 11.4 Å². The van der Waals surface area contributed by atoms with Gasteiger partial charge >= 0.3 is 6.18 Å². The zero-order valence-electron chi connectivity index (χ0n) is 15.8. The van der Waals surface area contributed by atoms with E-state index >= 15 is 0 Å². The number of benzene rings is 1. The fourth-order valence-corrected chi connectivity index (χ4v) is 4.07. The third-order valence-electron chi connectivity index (χ3n) is 5.32. The predicted molar refractivity (Wildman–Crippen MR) is 105 cm³/mol. The van der Waals surface area contributed by atoms with Crippen LogP contribution in [0, 0.1) is 0 Å². The first-order chi connectivity index (χ1) is 14.2. The first-order valence-corrected chi connectivity index (χ1v) is 9.52. The molecule has 0 saturated heterocycles. The van der Waals surface area contributed by atoms with Crippen molar-refractivity contribution < 1.29 is 13.2 Å². The number of H-pyrrole nitrogens is 2. The lowest BCUT2D eigenvalue weighted by molar-refractivity contribution is -0.138. The van der Waals surface area contributed by atoms with Gasteiger partial charge in [0.05, 0.1) is 35.6 Å². The van der Waals surface area contributed by atoms with E-state index in [1.165, 1.54) is 23.0 Å². The molecule has 0 aliphatic carbocycles. The lowest BCUT2D eigenvalue weighted by Crippen LogP contribution is -2.34. The first kappa shape index (κ1) is 20.3. The van der Waals surface area contributed by atoms with Crippen molar-refractivity contribution >= 4 is 17.3 Å². The molecule has 2 aromatic heterocycles. The molecule has 0 bridgehead atoms. The Morgan fingerprint density at radius 1 is 1.20 bits per heavy atom. The number of nitrogens with zero attached hydrogens (tertiary/aromatic N) is 3. The van der Waals surface area contributed by atoms with Gasteiger partial charge < -0.3 is 4.90 Å². The maximum atomic E-state index is 13.4. The second-order valence-electron chi connectivity index (χ2n) is 7.07. The Morgan fingerprint density at radius 3 is 2.67 bits per heavy atom. The van der Waals surface area contributed by atoms with Gasteiger partial charge in [-0.1, -0.05) is 29.8 Å². The molecule has 3 heterocycles. The Kier molecular flexibility index (Phi) is 4.97. The molecule has 1 unspecified atom stereocenters. The molecule has 1 atom stereocenters. The van der Waals surface area contributed by atoms with Crippen molar-refractivity contribution in [2.24, 2.45) is 0 Å². The van der Waals surface area contributed by atoms with Gasteiger partial charge in [0.2, 0.25) is 0 Å². The largest absolute Gasteiger partial charge is 0.416 e. The molecule has 158 valence electrons. The van der Waals surface area contributed by atoms with Crippen molar-refractivity contribution in [1.29, 1.82) is 0 Å². The van der Waals surface area contributed by atoms with Crippen LogP contribution in [-0.4, -0.2) is 26.5 Å². The summed E-state index contributed by atoms with van der Waals surface area (Å²) in [5.41, 5.74) is -0.135. The number of aromatic amines is 2. The molecule has 0 fully saturated rings. The van der Waals surface area contributed by atoms with Gasteiger partial charge in [0.1, 0.15) is 5.02 Å². The number of fused-ring (bicyclic) bond motifs is 1. The van der Waals surface area contributed by atoms with Gasteiger partial charge in [0.25, 0.3) is 11.1 Å². The van der Waals surface area contributed by atoms with Crippen LogP contribution >= 0.6 is 11.6 Å². The normalized spacial score (nSPS) is 15.2. The van der Waals surface area contributed by atoms with E-state index in [0.717, 1.165) is 6.07 Å². The molecule has 30 heavy (non-hydrogen) atoms. The first-order valence-electron chi connectivity index (χ1n) is 9.15. The van der Waals surface area contributed by atoms with Gasteiger partial charge in [0.15, 0.2) is 0 Å². The fraction of sp³-hybridized carbons (Fsp3) is 0.316. The van der Waals surface area contributed by atoms with Gasteiger partial charge in [-0.05, 0) is 18.6 Å². The second kappa shape index (κ2) is 7.35. The summed E-state index contributed by atoms with van der Waals surface area (Å²) in [4.78, 5) is 26.1. The van der Waals surface area contributed by atoms with Crippen LogP contribution in [0.5, 0.6) is 0 Å². The summed E-state index contributed by atoms with van der Waals surface area (Å²) < 4.78 is 41.8. The fourth-order valence-electron chi connectivity index (χ4n) is 3.86. The average molecular weight is 440 g/mol. The van der Waals surface area contributed by atoms with E-state index < -0.39 is 23.3 Å². The van der Waals surface area contributed by atoms with Gasteiger partial charge in [-0.15, -0.1) is 0 Å². The summed E-state index contributed by atoms with van der Waals surface area (Å²) in [6.45, 7) is 2.20. The molecule has 0 amide bonds. The lowest BCUT2D eigenvalue weighted by atomic mass is 10.00.